The van der Waals surface area contributed by atoms with Crippen LogP contribution in [0, 0.1) is 0 Å². The zero-order valence-corrected chi connectivity index (χ0v) is 12.2. The van der Waals surface area contributed by atoms with Crippen molar-refractivity contribution in [3.8, 4) is 0 Å². The van der Waals surface area contributed by atoms with Crippen molar-refractivity contribution >= 4 is 27.6 Å². The number of esters is 1. The number of H-pyrrole nitrogens is 1. The molecule has 0 saturated heterocycles. The van der Waals surface area contributed by atoms with Gasteiger partial charge in [-0.2, -0.15) is 0 Å². The molecular formula is C14H15BrN2O2. The minimum atomic E-state index is -0.305. The van der Waals surface area contributed by atoms with E-state index in [9.17, 15) is 4.79 Å². The summed E-state index contributed by atoms with van der Waals surface area (Å²) >= 11 is 3.45. The second-order valence-electron chi connectivity index (χ2n) is 3.99. The highest BCUT2D eigenvalue weighted by atomic mass is 79.9. The summed E-state index contributed by atoms with van der Waals surface area (Å²) in [6, 6.07) is 7.39. The molecule has 0 aliphatic carbocycles. The van der Waals surface area contributed by atoms with Crippen molar-refractivity contribution < 1.29 is 9.53 Å². The van der Waals surface area contributed by atoms with Gasteiger partial charge < -0.3 is 15.0 Å². The van der Waals surface area contributed by atoms with E-state index in [4.69, 9.17) is 4.74 Å². The Kier molecular flexibility index (Phi) is 4.63. The van der Waals surface area contributed by atoms with E-state index in [1.165, 1.54) is 5.56 Å². The molecule has 1 aromatic carbocycles. The molecule has 0 aliphatic heterocycles. The van der Waals surface area contributed by atoms with E-state index in [1.54, 1.807) is 19.1 Å². The van der Waals surface area contributed by atoms with Gasteiger partial charge in [-0.3, -0.25) is 0 Å². The zero-order valence-electron chi connectivity index (χ0n) is 10.6. The number of halogens is 1. The third kappa shape index (κ3) is 3.61. The molecule has 0 amide bonds. The monoisotopic (exact) mass is 322 g/mol. The van der Waals surface area contributed by atoms with Crippen molar-refractivity contribution in [1.82, 2.24) is 4.98 Å². The van der Waals surface area contributed by atoms with Crippen LogP contribution in [0.15, 0.2) is 41.1 Å². The number of aromatic nitrogens is 1. The van der Waals surface area contributed by atoms with Gasteiger partial charge in [0.2, 0.25) is 0 Å². The Morgan fingerprint density at radius 2 is 2.26 bits per heavy atom. The third-order valence-electron chi connectivity index (χ3n) is 2.63. The number of hydrogen-bond donors (Lipinski definition) is 2. The minimum absolute atomic E-state index is 0.305. The van der Waals surface area contributed by atoms with E-state index in [0.717, 1.165) is 16.7 Å². The molecule has 0 saturated carbocycles. The van der Waals surface area contributed by atoms with Crippen molar-refractivity contribution in [2.24, 2.45) is 0 Å². The zero-order chi connectivity index (χ0) is 13.7. The maximum Gasteiger partial charge on any atom is 0.338 e. The first-order chi connectivity index (χ1) is 9.20. The molecule has 2 rings (SSSR count). The number of benzene rings is 1. The molecule has 0 unspecified atom stereocenters. The number of carbonyl (C=O) groups is 1. The van der Waals surface area contributed by atoms with Gasteiger partial charge in [0.25, 0.3) is 0 Å². The average molecular weight is 323 g/mol. The van der Waals surface area contributed by atoms with Crippen LogP contribution in [-0.4, -0.2) is 17.6 Å². The quantitative estimate of drug-likeness (QED) is 0.827. The lowest BCUT2D eigenvalue weighted by Crippen LogP contribution is -2.05. The summed E-state index contributed by atoms with van der Waals surface area (Å²) in [6.07, 6.45) is 3.82. The predicted octanol–water partition coefficient (Wildman–Crippen LogP) is 3.57. The Labute approximate surface area is 120 Å². The van der Waals surface area contributed by atoms with Crippen LogP contribution in [0.1, 0.15) is 22.8 Å². The SMILES string of the molecule is CCOC(=O)c1ccc(NCc2cc[nH]c2)c(Br)c1. The topological polar surface area (TPSA) is 54.1 Å². The molecule has 0 aliphatic rings. The van der Waals surface area contributed by atoms with E-state index in [2.05, 4.69) is 26.2 Å². The fourth-order valence-electron chi connectivity index (χ4n) is 1.67. The maximum atomic E-state index is 11.6. The molecule has 0 atom stereocenters. The molecule has 2 aromatic rings. The Morgan fingerprint density at radius 3 is 2.89 bits per heavy atom. The fraction of sp³-hybridized carbons (Fsp3) is 0.214. The van der Waals surface area contributed by atoms with Crippen molar-refractivity contribution in [2.75, 3.05) is 11.9 Å². The van der Waals surface area contributed by atoms with E-state index in [0.29, 0.717) is 12.2 Å². The number of hydrogen-bond acceptors (Lipinski definition) is 3. The number of rotatable bonds is 5. The largest absolute Gasteiger partial charge is 0.462 e. The number of ether oxygens (including phenoxy) is 1. The van der Waals surface area contributed by atoms with Gasteiger partial charge in [-0.25, -0.2) is 4.79 Å². The lowest BCUT2D eigenvalue weighted by molar-refractivity contribution is 0.0526. The van der Waals surface area contributed by atoms with Gasteiger partial charge in [-0.05, 0) is 52.7 Å². The summed E-state index contributed by atoms with van der Waals surface area (Å²) < 4.78 is 5.80. The second kappa shape index (κ2) is 6.43. The Balaban J connectivity index is 2.04. The van der Waals surface area contributed by atoms with Gasteiger partial charge in [0.1, 0.15) is 0 Å². The van der Waals surface area contributed by atoms with Crippen molar-refractivity contribution in [3.63, 3.8) is 0 Å². The van der Waals surface area contributed by atoms with Gasteiger partial charge in [0, 0.05) is 29.1 Å². The highest BCUT2D eigenvalue weighted by Gasteiger charge is 2.09. The Morgan fingerprint density at radius 1 is 1.42 bits per heavy atom. The molecule has 0 spiro atoms. The molecule has 0 radical (unpaired) electrons. The first kappa shape index (κ1) is 13.7. The molecule has 1 heterocycles. The molecule has 0 bridgehead atoms. The summed E-state index contributed by atoms with van der Waals surface area (Å²) in [4.78, 5) is 14.6. The minimum Gasteiger partial charge on any atom is -0.462 e. The molecule has 5 heteroatoms. The Hall–Kier alpha value is -1.75. The molecule has 4 nitrogen and oxygen atoms in total. The smallest absolute Gasteiger partial charge is 0.338 e. The predicted molar refractivity (Wildman–Crippen MR) is 78.2 cm³/mol. The Bertz CT molecular complexity index is 553. The van der Waals surface area contributed by atoms with Crippen LogP contribution in [0.4, 0.5) is 5.69 Å². The molecule has 0 fully saturated rings. The van der Waals surface area contributed by atoms with E-state index >= 15 is 0 Å². The highest BCUT2D eigenvalue weighted by molar-refractivity contribution is 9.10. The highest BCUT2D eigenvalue weighted by Crippen LogP contribution is 2.24. The van der Waals surface area contributed by atoms with Gasteiger partial charge in [0.15, 0.2) is 0 Å². The lowest BCUT2D eigenvalue weighted by Gasteiger charge is -2.09. The molecule has 100 valence electrons. The molecule has 2 N–H and O–H groups in total. The maximum absolute atomic E-state index is 11.6. The summed E-state index contributed by atoms with van der Waals surface area (Å²) in [5, 5.41) is 3.29. The number of nitrogens with one attached hydrogen (secondary N) is 2. The lowest BCUT2D eigenvalue weighted by atomic mass is 10.2. The summed E-state index contributed by atoms with van der Waals surface area (Å²) in [5.74, 6) is -0.305. The fourth-order valence-corrected chi connectivity index (χ4v) is 2.18. The van der Waals surface area contributed by atoms with Gasteiger partial charge >= 0.3 is 5.97 Å². The molecular weight excluding hydrogens is 308 g/mol. The number of anilines is 1. The van der Waals surface area contributed by atoms with Crippen molar-refractivity contribution in [2.45, 2.75) is 13.5 Å². The summed E-state index contributed by atoms with van der Waals surface area (Å²) in [7, 11) is 0. The van der Waals surface area contributed by atoms with E-state index < -0.39 is 0 Å². The van der Waals surface area contributed by atoms with Crippen LogP contribution in [0.5, 0.6) is 0 Å². The standard InChI is InChI=1S/C14H15BrN2O2/c1-2-19-14(18)11-3-4-13(12(15)7-11)17-9-10-5-6-16-8-10/h3-8,16-17H,2,9H2,1H3. The first-order valence-electron chi connectivity index (χ1n) is 6.03. The van der Waals surface area contributed by atoms with Crippen molar-refractivity contribution in [1.29, 1.82) is 0 Å². The van der Waals surface area contributed by atoms with Gasteiger partial charge in [0.05, 0.1) is 12.2 Å². The summed E-state index contributed by atoms with van der Waals surface area (Å²) in [5.41, 5.74) is 2.65. The second-order valence-corrected chi connectivity index (χ2v) is 4.84. The summed E-state index contributed by atoms with van der Waals surface area (Å²) in [6.45, 7) is 2.89. The average Bonchev–Trinajstić information content (AvgIpc) is 2.90. The first-order valence-corrected chi connectivity index (χ1v) is 6.82. The van der Waals surface area contributed by atoms with Crippen molar-refractivity contribution in [3.05, 3.63) is 52.3 Å². The third-order valence-corrected chi connectivity index (χ3v) is 3.28. The van der Waals surface area contributed by atoms with Gasteiger partial charge in [-0.15, -0.1) is 0 Å². The number of carbonyl (C=O) groups excluding carboxylic acids is 1. The van der Waals surface area contributed by atoms with Crippen LogP contribution >= 0.6 is 15.9 Å². The van der Waals surface area contributed by atoms with Crippen LogP contribution in [0.3, 0.4) is 0 Å². The van der Waals surface area contributed by atoms with Crippen LogP contribution in [0.2, 0.25) is 0 Å². The molecule has 1 aromatic heterocycles. The normalized spacial score (nSPS) is 10.2. The van der Waals surface area contributed by atoms with Gasteiger partial charge in [-0.1, -0.05) is 0 Å². The van der Waals surface area contributed by atoms with E-state index in [-0.39, 0.29) is 5.97 Å². The van der Waals surface area contributed by atoms with Crippen LogP contribution in [0.25, 0.3) is 0 Å². The molecule has 19 heavy (non-hydrogen) atoms. The van der Waals surface area contributed by atoms with E-state index in [1.807, 2.05) is 24.5 Å². The number of aromatic amines is 1. The van der Waals surface area contributed by atoms with Crippen LogP contribution in [-0.2, 0) is 11.3 Å². The van der Waals surface area contributed by atoms with Crippen LogP contribution < -0.4 is 5.32 Å².